The van der Waals surface area contributed by atoms with E-state index in [0.717, 1.165) is 6.54 Å². The minimum atomic E-state index is -0.150. The van der Waals surface area contributed by atoms with E-state index in [1.807, 2.05) is 13.8 Å². The zero-order valence-corrected chi connectivity index (χ0v) is 7.95. The second-order valence-corrected chi connectivity index (χ2v) is 2.55. The standard InChI is InChI=1S/C7H16N2OS/c1-3-8-6(5-11)7(10)9-4-2/h6,8,11H,3-5H2,1-2H3,(H,9,10)/t6-/m1/s1. The Balaban J connectivity index is 3.71. The monoisotopic (exact) mass is 176 g/mol. The molecular formula is C7H16N2OS. The molecule has 66 valence electrons. The van der Waals surface area contributed by atoms with Crippen LogP contribution in [0.3, 0.4) is 0 Å². The van der Waals surface area contributed by atoms with Crippen molar-refractivity contribution in [3.63, 3.8) is 0 Å². The molecular weight excluding hydrogens is 160 g/mol. The molecule has 0 aromatic rings. The minimum Gasteiger partial charge on any atom is -0.355 e. The van der Waals surface area contributed by atoms with Crippen molar-refractivity contribution in [2.75, 3.05) is 18.8 Å². The quantitative estimate of drug-likeness (QED) is 0.517. The molecule has 3 nitrogen and oxygen atoms in total. The summed E-state index contributed by atoms with van der Waals surface area (Å²) < 4.78 is 0. The Labute approximate surface area is 73.3 Å². The first-order chi connectivity index (χ1) is 5.26. The van der Waals surface area contributed by atoms with Crippen LogP contribution in [0.1, 0.15) is 13.8 Å². The van der Waals surface area contributed by atoms with Gasteiger partial charge in [0.25, 0.3) is 0 Å². The number of nitrogens with one attached hydrogen (secondary N) is 2. The summed E-state index contributed by atoms with van der Waals surface area (Å²) in [6.07, 6.45) is 0. The lowest BCUT2D eigenvalue weighted by molar-refractivity contribution is -0.122. The Morgan fingerprint density at radius 1 is 1.45 bits per heavy atom. The van der Waals surface area contributed by atoms with E-state index in [0.29, 0.717) is 12.3 Å². The first kappa shape index (κ1) is 10.8. The van der Waals surface area contributed by atoms with Gasteiger partial charge >= 0.3 is 0 Å². The number of carbonyl (C=O) groups is 1. The summed E-state index contributed by atoms with van der Waals surface area (Å²) in [7, 11) is 0. The van der Waals surface area contributed by atoms with Gasteiger partial charge in [-0.2, -0.15) is 12.6 Å². The van der Waals surface area contributed by atoms with Crippen molar-refractivity contribution in [3.8, 4) is 0 Å². The number of amides is 1. The van der Waals surface area contributed by atoms with Crippen LogP contribution in [0.5, 0.6) is 0 Å². The first-order valence-corrected chi connectivity index (χ1v) is 4.51. The maximum Gasteiger partial charge on any atom is 0.237 e. The lowest BCUT2D eigenvalue weighted by atomic mass is 10.3. The molecule has 11 heavy (non-hydrogen) atoms. The molecule has 0 aromatic carbocycles. The normalized spacial score (nSPS) is 12.6. The van der Waals surface area contributed by atoms with Gasteiger partial charge in [0.1, 0.15) is 0 Å². The predicted molar refractivity (Wildman–Crippen MR) is 50.0 cm³/mol. The smallest absolute Gasteiger partial charge is 0.237 e. The van der Waals surface area contributed by atoms with E-state index < -0.39 is 0 Å². The highest BCUT2D eigenvalue weighted by atomic mass is 32.1. The van der Waals surface area contributed by atoms with Gasteiger partial charge in [0.2, 0.25) is 5.91 Å². The SMILES string of the molecule is CCNC(=O)[C@@H](CS)NCC. The maximum atomic E-state index is 11.1. The molecule has 0 unspecified atom stereocenters. The van der Waals surface area contributed by atoms with E-state index in [1.165, 1.54) is 0 Å². The molecule has 0 aromatic heterocycles. The molecule has 0 heterocycles. The van der Waals surface area contributed by atoms with E-state index >= 15 is 0 Å². The summed E-state index contributed by atoms with van der Waals surface area (Å²) >= 11 is 4.06. The fraction of sp³-hybridized carbons (Fsp3) is 0.857. The van der Waals surface area contributed by atoms with Crippen LogP contribution >= 0.6 is 12.6 Å². The largest absolute Gasteiger partial charge is 0.355 e. The summed E-state index contributed by atoms with van der Waals surface area (Å²) in [5.74, 6) is 0.573. The summed E-state index contributed by atoms with van der Waals surface area (Å²) in [5, 5.41) is 5.76. The number of thiol groups is 1. The van der Waals surface area contributed by atoms with Crippen LogP contribution in [0.2, 0.25) is 0 Å². The molecule has 0 aliphatic carbocycles. The van der Waals surface area contributed by atoms with E-state index in [-0.39, 0.29) is 11.9 Å². The molecule has 2 N–H and O–H groups in total. The van der Waals surface area contributed by atoms with Crippen LogP contribution in [-0.4, -0.2) is 30.8 Å². The number of hydrogen-bond acceptors (Lipinski definition) is 3. The van der Waals surface area contributed by atoms with Crippen LogP contribution in [-0.2, 0) is 4.79 Å². The van der Waals surface area contributed by atoms with Crippen LogP contribution < -0.4 is 10.6 Å². The summed E-state index contributed by atoms with van der Waals surface area (Å²) in [6, 6.07) is -0.150. The molecule has 0 aliphatic rings. The van der Waals surface area contributed by atoms with Crippen LogP contribution in [0.25, 0.3) is 0 Å². The molecule has 0 saturated carbocycles. The summed E-state index contributed by atoms with van der Waals surface area (Å²) in [5.41, 5.74) is 0. The van der Waals surface area contributed by atoms with E-state index in [1.54, 1.807) is 0 Å². The van der Waals surface area contributed by atoms with Gasteiger partial charge in [-0.3, -0.25) is 4.79 Å². The van der Waals surface area contributed by atoms with Crippen LogP contribution in [0.4, 0.5) is 0 Å². The van der Waals surface area contributed by atoms with Crippen molar-refractivity contribution >= 4 is 18.5 Å². The van der Waals surface area contributed by atoms with E-state index in [4.69, 9.17) is 0 Å². The predicted octanol–water partition coefficient (Wildman–Crippen LogP) is 0.0304. The Kier molecular flexibility index (Phi) is 6.36. The zero-order chi connectivity index (χ0) is 8.69. The van der Waals surface area contributed by atoms with Gasteiger partial charge in [-0.1, -0.05) is 6.92 Å². The Morgan fingerprint density at radius 3 is 2.45 bits per heavy atom. The Bertz CT molecular complexity index is 119. The lowest BCUT2D eigenvalue weighted by Crippen LogP contribution is -2.45. The average molecular weight is 176 g/mol. The van der Waals surface area contributed by atoms with E-state index in [2.05, 4.69) is 23.3 Å². The third kappa shape index (κ3) is 4.27. The minimum absolute atomic E-state index is 0.0318. The molecule has 1 atom stereocenters. The highest BCUT2D eigenvalue weighted by Gasteiger charge is 2.13. The molecule has 1 amide bonds. The molecule has 0 spiro atoms. The van der Waals surface area contributed by atoms with Crippen molar-refractivity contribution in [3.05, 3.63) is 0 Å². The molecule has 4 heteroatoms. The fourth-order valence-corrected chi connectivity index (χ4v) is 1.08. The molecule has 0 saturated heterocycles. The number of carbonyl (C=O) groups excluding carboxylic acids is 1. The van der Waals surface area contributed by atoms with Crippen molar-refractivity contribution < 1.29 is 4.79 Å². The van der Waals surface area contributed by atoms with Gasteiger partial charge in [0.05, 0.1) is 6.04 Å². The zero-order valence-electron chi connectivity index (χ0n) is 7.05. The third-order valence-corrected chi connectivity index (χ3v) is 1.67. The number of likely N-dealkylation sites (N-methyl/N-ethyl adjacent to an activating group) is 2. The van der Waals surface area contributed by atoms with Gasteiger partial charge < -0.3 is 10.6 Å². The van der Waals surface area contributed by atoms with Crippen molar-refractivity contribution in [2.24, 2.45) is 0 Å². The van der Waals surface area contributed by atoms with Crippen LogP contribution in [0, 0.1) is 0 Å². The first-order valence-electron chi connectivity index (χ1n) is 3.88. The van der Waals surface area contributed by atoms with Crippen LogP contribution in [0.15, 0.2) is 0 Å². The highest BCUT2D eigenvalue weighted by Crippen LogP contribution is 1.87. The molecule has 0 radical (unpaired) electrons. The highest BCUT2D eigenvalue weighted by molar-refractivity contribution is 7.80. The lowest BCUT2D eigenvalue weighted by Gasteiger charge is -2.13. The molecule has 0 fully saturated rings. The second-order valence-electron chi connectivity index (χ2n) is 2.19. The maximum absolute atomic E-state index is 11.1. The van der Waals surface area contributed by atoms with Crippen molar-refractivity contribution in [1.82, 2.24) is 10.6 Å². The molecule has 0 aliphatic heterocycles. The topological polar surface area (TPSA) is 41.1 Å². The van der Waals surface area contributed by atoms with Gasteiger partial charge in [-0.25, -0.2) is 0 Å². The van der Waals surface area contributed by atoms with Gasteiger partial charge in [0.15, 0.2) is 0 Å². The number of hydrogen-bond donors (Lipinski definition) is 3. The van der Waals surface area contributed by atoms with E-state index in [9.17, 15) is 4.79 Å². The van der Waals surface area contributed by atoms with Gasteiger partial charge in [-0.15, -0.1) is 0 Å². The molecule has 0 rings (SSSR count). The second kappa shape index (κ2) is 6.49. The third-order valence-electron chi connectivity index (χ3n) is 1.30. The molecule has 0 bridgehead atoms. The average Bonchev–Trinajstić information content (AvgIpc) is 2.00. The fourth-order valence-electron chi connectivity index (χ4n) is 0.784. The van der Waals surface area contributed by atoms with Crippen molar-refractivity contribution in [2.45, 2.75) is 19.9 Å². The Morgan fingerprint density at radius 2 is 2.09 bits per heavy atom. The Hall–Kier alpha value is -0.220. The summed E-state index contributed by atoms with van der Waals surface area (Å²) in [4.78, 5) is 11.1. The number of rotatable bonds is 5. The van der Waals surface area contributed by atoms with Crippen molar-refractivity contribution in [1.29, 1.82) is 0 Å². The summed E-state index contributed by atoms with van der Waals surface area (Å²) in [6.45, 7) is 5.34. The van der Waals surface area contributed by atoms with Gasteiger partial charge in [-0.05, 0) is 13.5 Å². The van der Waals surface area contributed by atoms with Gasteiger partial charge in [0, 0.05) is 12.3 Å².